The summed E-state index contributed by atoms with van der Waals surface area (Å²) in [5.74, 6) is 1.86. The molecule has 0 bridgehead atoms. The molecule has 1 unspecified atom stereocenters. The van der Waals surface area contributed by atoms with Crippen LogP contribution in [0.2, 0.25) is 0 Å². The van der Waals surface area contributed by atoms with Gasteiger partial charge in [0, 0.05) is 22.9 Å². The predicted octanol–water partition coefficient (Wildman–Crippen LogP) is 2.71. The van der Waals surface area contributed by atoms with E-state index in [9.17, 15) is 0 Å². The van der Waals surface area contributed by atoms with E-state index in [1.54, 1.807) is 0 Å². The molecule has 3 heteroatoms. The van der Waals surface area contributed by atoms with E-state index >= 15 is 0 Å². The minimum Gasteiger partial charge on any atom is -0.398 e. The SMILES string of the molecule is Cc1c(N)cccc1SCC1CCOC1. The van der Waals surface area contributed by atoms with Crippen molar-refractivity contribution in [2.75, 3.05) is 24.7 Å². The van der Waals surface area contributed by atoms with E-state index < -0.39 is 0 Å². The van der Waals surface area contributed by atoms with Crippen LogP contribution >= 0.6 is 11.8 Å². The highest BCUT2D eigenvalue weighted by molar-refractivity contribution is 7.99. The van der Waals surface area contributed by atoms with Gasteiger partial charge in [0.25, 0.3) is 0 Å². The van der Waals surface area contributed by atoms with Crippen LogP contribution in [0.3, 0.4) is 0 Å². The fourth-order valence-electron chi connectivity index (χ4n) is 1.71. The minimum atomic E-state index is 0.718. The van der Waals surface area contributed by atoms with Crippen molar-refractivity contribution in [2.45, 2.75) is 18.2 Å². The first kappa shape index (κ1) is 10.8. The van der Waals surface area contributed by atoms with E-state index in [1.165, 1.54) is 16.9 Å². The second-order valence-electron chi connectivity index (χ2n) is 4.01. The molecular weight excluding hydrogens is 206 g/mol. The van der Waals surface area contributed by atoms with Gasteiger partial charge in [-0.3, -0.25) is 0 Å². The Bertz CT molecular complexity index is 334. The molecule has 1 aromatic carbocycles. The molecule has 1 aromatic rings. The molecule has 0 amide bonds. The molecule has 82 valence electrons. The third kappa shape index (κ3) is 2.67. The van der Waals surface area contributed by atoms with Crippen LogP contribution in [0.15, 0.2) is 23.1 Å². The summed E-state index contributed by atoms with van der Waals surface area (Å²) in [5, 5.41) is 0. The van der Waals surface area contributed by atoms with Gasteiger partial charge in [0.2, 0.25) is 0 Å². The van der Waals surface area contributed by atoms with Gasteiger partial charge in [-0.1, -0.05) is 6.07 Å². The maximum absolute atomic E-state index is 5.87. The van der Waals surface area contributed by atoms with Crippen molar-refractivity contribution >= 4 is 17.4 Å². The molecule has 2 nitrogen and oxygen atoms in total. The molecule has 0 aromatic heterocycles. The summed E-state index contributed by atoms with van der Waals surface area (Å²) in [4.78, 5) is 1.31. The summed E-state index contributed by atoms with van der Waals surface area (Å²) in [6.07, 6.45) is 1.20. The molecule has 0 radical (unpaired) electrons. The number of rotatable bonds is 3. The zero-order valence-corrected chi connectivity index (χ0v) is 9.85. The predicted molar refractivity (Wildman–Crippen MR) is 65.2 cm³/mol. The number of hydrogen-bond acceptors (Lipinski definition) is 3. The number of ether oxygens (including phenoxy) is 1. The summed E-state index contributed by atoms with van der Waals surface area (Å²) in [5.41, 5.74) is 7.97. The van der Waals surface area contributed by atoms with Crippen molar-refractivity contribution in [3.05, 3.63) is 23.8 Å². The number of hydrogen-bond donors (Lipinski definition) is 1. The highest BCUT2D eigenvalue weighted by Gasteiger charge is 2.16. The summed E-state index contributed by atoms with van der Waals surface area (Å²) < 4.78 is 5.36. The maximum Gasteiger partial charge on any atom is 0.0503 e. The Morgan fingerprint density at radius 1 is 1.53 bits per heavy atom. The normalized spacial score (nSPS) is 20.7. The molecule has 15 heavy (non-hydrogen) atoms. The standard InChI is InChI=1S/C12H17NOS/c1-9-11(13)3-2-4-12(9)15-8-10-5-6-14-7-10/h2-4,10H,5-8,13H2,1H3. The first-order chi connectivity index (χ1) is 7.27. The van der Waals surface area contributed by atoms with E-state index in [1.807, 2.05) is 23.9 Å². The number of nitrogen functional groups attached to an aromatic ring is 1. The van der Waals surface area contributed by atoms with Gasteiger partial charge in [0.15, 0.2) is 0 Å². The Kier molecular flexibility index (Phi) is 3.54. The van der Waals surface area contributed by atoms with Crippen LogP contribution in [0.1, 0.15) is 12.0 Å². The zero-order chi connectivity index (χ0) is 10.7. The van der Waals surface area contributed by atoms with E-state index in [0.717, 1.165) is 30.6 Å². The molecule has 1 aliphatic rings. The van der Waals surface area contributed by atoms with Crippen LogP contribution in [0.4, 0.5) is 5.69 Å². The Hall–Kier alpha value is -0.670. The Morgan fingerprint density at radius 3 is 3.13 bits per heavy atom. The maximum atomic E-state index is 5.87. The zero-order valence-electron chi connectivity index (χ0n) is 9.03. The van der Waals surface area contributed by atoms with Gasteiger partial charge in [0.1, 0.15) is 0 Å². The van der Waals surface area contributed by atoms with E-state index in [4.69, 9.17) is 10.5 Å². The minimum absolute atomic E-state index is 0.718. The van der Waals surface area contributed by atoms with Crippen molar-refractivity contribution in [1.82, 2.24) is 0 Å². The molecule has 2 N–H and O–H groups in total. The van der Waals surface area contributed by atoms with Crippen LogP contribution in [-0.4, -0.2) is 19.0 Å². The Balaban J connectivity index is 1.95. The molecule has 1 aliphatic heterocycles. The van der Waals surface area contributed by atoms with E-state index in [2.05, 4.69) is 13.0 Å². The van der Waals surface area contributed by atoms with Gasteiger partial charge in [-0.15, -0.1) is 11.8 Å². The topological polar surface area (TPSA) is 35.2 Å². The summed E-state index contributed by atoms with van der Waals surface area (Å²) in [7, 11) is 0. The summed E-state index contributed by atoms with van der Waals surface area (Å²) in [6.45, 7) is 3.94. The molecule has 0 spiro atoms. The molecule has 0 saturated carbocycles. The van der Waals surface area contributed by atoms with Crippen LogP contribution < -0.4 is 5.73 Å². The molecule has 1 fully saturated rings. The molecule has 1 atom stereocenters. The van der Waals surface area contributed by atoms with Gasteiger partial charge >= 0.3 is 0 Å². The average molecular weight is 223 g/mol. The van der Waals surface area contributed by atoms with Crippen molar-refractivity contribution in [1.29, 1.82) is 0 Å². The highest BCUT2D eigenvalue weighted by atomic mass is 32.2. The number of benzene rings is 1. The number of thioether (sulfide) groups is 1. The lowest BCUT2D eigenvalue weighted by Gasteiger charge is -2.10. The number of anilines is 1. The smallest absolute Gasteiger partial charge is 0.0503 e. The van der Waals surface area contributed by atoms with Crippen LogP contribution in [0.5, 0.6) is 0 Å². The largest absolute Gasteiger partial charge is 0.398 e. The van der Waals surface area contributed by atoms with Gasteiger partial charge in [-0.25, -0.2) is 0 Å². The van der Waals surface area contributed by atoms with Crippen molar-refractivity contribution in [2.24, 2.45) is 5.92 Å². The average Bonchev–Trinajstić information content (AvgIpc) is 2.73. The first-order valence-electron chi connectivity index (χ1n) is 5.33. The third-order valence-corrected chi connectivity index (χ3v) is 4.22. The van der Waals surface area contributed by atoms with E-state index in [-0.39, 0.29) is 0 Å². The van der Waals surface area contributed by atoms with Gasteiger partial charge in [0.05, 0.1) is 6.61 Å². The Labute approximate surface area is 95.2 Å². The molecule has 1 saturated heterocycles. The lowest BCUT2D eigenvalue weighted by atomic mass is 10.2. The monoisotopic (exact) mass is 223 g/mol. The van der Waals surface area contributed by atoms with Crippen LogP contribution in [0.25, 0.3) is 0 Å². The fourth-order valence-corrected chi connectivity index (χ4v) is 2.90. The first-order valence-corrected chi connectivity index (χ1v) is 6.31. The highest BCUT2D eigenvalue weighted by Crippen LogP contribution is 2.29. The molecular formula is C12H17NOS. The van der Waals surface area contributed by atoms with Crippen LogP contribution in [0, 0.1) is 12.8 Å². The molecule has 2 rings (SSSR count). The lowest BCUT2D eigenvalue weighted by Crippen LogP contribution is -2.02. The third-order valence-electron chi connectivity index (χ3n) is 2.82. The van der Waals surface area contributed by atoms with Crippen LogP contribution in [-0.2, 0) is 4.74 Å². The van der Waals surface area contributed by atoms with Gasteiger partial charge in [-0.2, -0.15) is 0 Å². The second-order valence-corrected chi connectivity index (χ2v) is 5.07. The van der Waals surface area contributed by atoms with Crippen molar-refractivity contribution in [3.63, 3.8) is 0 Å². The van der Waals surface area contributed by atoms with E-state index in [0.29, 0.717) is 0 Å². The van der Waals surface area contributed by atoms with Gasteiger partial charge in [-0.05, 0) is 37.0 Å². The molecule has 0 aliphatic carbocycles. The number of nitrogens with two attached hydrogens (primary N) is 1. The molecule has 1 heterocycles. The quantitative estimate of drug-likeness (QED) is 0.632. The summed E-state index contributed by atoms with van der Waals surface area (Å²) >= 11 is 1.90. The van der Waals surface area contributed by atoms with Crippen molar-refractivity contribution in [3.8, 4) is 0 Å². The van der Waals surface area contributed by atoms with Gasteiger partial charge < -0.3 is 10.5 Å². The lowest BCUT2D eigenvalue weighted by molar-refractivity contribution is 0.189. The summed E-state index contributed by atoms with van der Waals surface area (Å²) in [6, 6.07) is 6.13. The van der Waals surface area contributed by atoms with Crippen molar-refractivity contribution < 1.29 is 4.74 Å². The second kappa shape index (κ2) is 4.90. The Morgan fingerprint density at radius 2 is 2.40 bits per heavy atom. The fraction of sp³-hybridized carbons (Fsp3) is 0.500.